The Kier molecular flexibility index (Phi) is 5.04. The molecule has 0 aliphatic heterocycles. The van der Waals surface area contributed by atoms with Crippen molar-refractivity contribution in [3.05, 3.63) is 21.4 Å². The molecule has 2 N–H and O–H groups in total. The van der Waals surface area contributed by atoms with Crippen molar-refractivity contribution >= 4 is 23.2 Å². The van der Waals surface area contributed by atoms with Crippen LogP contribution in [0, 0.1) is 0 Å². The molecule has 2 rings (SSSR count). The molecule has 21 heavy (non-hydrogen) atoms. The Morgan fingerprint density at radius 1 is 1.33 bits per heavy atom. The van der Waals surface area contributed by atoms with E-state index >= 15 is 0 Å². The van der Waals surface area contributed by atoms with Crippen LogP contribution in [0.25, 0.3) is 0 Å². The van der Waals surface area contributed by atoms with Gasteiger partial charge in [-0.3, -0.25) is 4.79 Å². The SMILES string of the molecule is CCCc1sc(C(=O)NC2(C(=O)O)CCCC2)cc1CC. The number of thiophene rings is 1. The van der Waals surface area contributed by atoms with Crippen molar-refractivity contribution in [2.24, 2.45) is 0 Å². The van der Waals surface area contributed by atoms with Gasteiger partial charge in [-0.05, 0) is 37.3 Å². The van der Waals surface area contributed by atoms with Gasteiger partial charge in [-0.2, -0.15) is 0 Å². The van der Waals surface area contributed by atoms with Gasteiger partial charge in [0.05, 0.1) is 4.88 Å². The lowest BCUT2D eigenvalue weighted by atomic mass is 9.98. The first-order valence-corrected chi connectivity index (χ1v) is 8.51. The van der Waals surface area contributed by atoms with Crippen molar-refractivity contribution in [3.63, 3.8) is 0 Å². The van der Waals surface area contributed by atoms with Crippen molar-refractivity contribution in [3.8, 4) is 0 Å². The number of hydrogen-bond donors (Lipinski definition) is 2. The minimum Gasteiger partial charge on any atom is -0.480 e. The maximum absolute atomic E-state index is 12.4. The van der Waals surface area contributed by atoms with E-state index in [9.17, 15) is 14.7 Å². The zero-order valence-corrected chi connectivity index (χ0v) is 13.5. The maximum Gasteiger partial charge on any atom is 0.329 e. The third-order valence-corrected chi connectivity index (χ3v) is 5.43. The molecule has 0 radical (unpaired) electrons. The highest BCUT2D eigenvalue weighted by atomic mass is 32.1. The van der Waals surface area contributed by atoms with Crippen molar-refractivity contribution in [1.82, 2.24) is 5.32 Å². The van der Waals surface area contributed by atoms with Crippen molar-refractivity contribution in [2.45, 2.75) is 64.3 Å². The molecule has 1 aliphatic carbocycles. The largest absolute Gasteiger partial charge is 0.480 e. The van der Waals surface area contributed by atoms with Crippen molar-refractivity contribution in [2.75, 3.05) is 0 Å². The second-order valence-electron chi connectivity index (χ2n) is 5.71. The summed E-state index contributed by atoms with van der Waals surface area (Å²) in [5.74, 6) is -1.14. The van der Waals surface area contributed by atoms with E-state index in [2.05, 4.69) is 19.2 Å². The molecule has 116 valence electrons. The Bertz CT molecular complexity index is 530. The Morgan fingerprint density at radius 2 is 2.00 bits per heavy atom. The predicted molar refractivity (Wildman–Crippen MR) is 84.0 cm³/mol. The third kappa shape index (κ3) is 3.28. The average Bonchev–Trinajstić information content (AvgIpc) is 3.06. The Morgan fingerprint density at radius 3 is 2.52 bits per heavy atom. The van der Waals surface area contributed by atoms with Crippen LogP contribution in [0.4, 0.5) is 0 Å². The van der Waals surface area contributed by atoms with Gasteiger partial charge in [-0.1, -0.05) is 33.1 Å². The van der Waals surface area contributed by atoms with Crippen molar-refractivity contribution < 1.29 is 14.7 Å². The second kappa shape index (κ2) is 6.60. The fraction of sp³-hybridized carbons (Fsp3) is 0.625. The van der Waals surface area contributed by atoms with Crippen LogP contribution < -0.4 is 5.32 Å². The molecule has 1 aromatic rings. The molecular weight excluding hydrogens is 286 g/mol. The lowest BCUT2D eigenvalue weighted by Gasteiger charge is -2.24. The van der Waals surface area contributed by atoms with E-state index in [-0.39, 0.29) is 5.91 Å². The highest BCUT2D eigenvalue weighted by Crippen LogP contribution is 2.31. The minimum atomic E-state index is -1.06. The molecule has 0 bridgehead atoms. The number of hydrogen-bond acceptors (Lipinski definition) is 3. The maximum atomic E-state index is 12.4. The van der Waals surface area contributed by atoms with Crippen LogP contribution in [-0.4, -0.2) is 22.5 Å². The van der Waals surface area contributed by atoms with Crippen LogP contribution in [0.1, 0.15) is 66.1 Å². The number of carboxylic acid groups (broad SMARTS) is 1. The fourth-order valence-electron chi connectivity index (χ4n) is 2.97. The first-order chi connectivity index (χ1) is 10.0. The van der Waals surface area contributed by atoms with E-state index < -0.39 is 11.5 Å². The molecule has 0 saturated heterocycles. The number of rotatable bonds is 6. The monoisotopic (exact) mass is 309 g/mol. The van der Waals surface area contributed by atoms with E-state index in [0.717, 1.165) is 32.1 Å². The number of carbonyl (C=O) groups excluding carboxylic acids is 1. The van der Waals surface area contributed by atoms with Gasteiger partial charge in [0.2, 0.25) is 0 Å². The Labute approximate surface area is 129 Å². The molecule has 1 aliphatic rings. The Balaban J connectivity index is 2.18. The average molecular weight is 309 g/mol. The third-order valence-electron chi connectivity index (χ3n) is 4.20. The predicted octanol–water partition coefficient (Wildman–Crippen LogP) is 3.39. The van der Waals surface area contributed by atoms with Gasteiger partial charge < -0.3 is 10.4 Å². The Hall–Kier alpha value is -1.36. The molecule has 1 amide bonds. The van der Waals surface area contributed by atoms with Crippen LogP contribution in [0.5, 0.6) is 0 Å². The smallest absolute Gasteiger partial charge is 0.329 e. The quantitative estimate of drug-likeness (QED) is 0.846. The second-order valence-corrected chi connectivity index (χ2v) is 6.85. The zero-order chi connectivity index (χ0) is 15.5. The highest BCUT2D eigenvalue weighted by Gasteiger charge is 2.42. The van der Waals surface area contributed by atoms with Crippen LogP contribution in [0.15, 0.2) is 6.07 Å². The first kappa shape index (κ1) is 16.0. The van der Waals surface area contributed by atoms with Gasteiger partial charge in [-0.15, -0.1) is 11.3 Å². The molecule has 5 heteroatoms. The van der Waals surface area contributed by atoms with Crippen LogP contribution in [-0.2, 0) is 17.6 Å². The normalized spacial score (nSPS) is 16.9. The molecule has 0 unspecified atom stereocenters. The van der Waals surface area contributed by atoms with Crippen LogP contribution in [0.3, 0.4) is 0 Å². The summed E-state index contributed by atoms with van der Waals surface area (Å²) < 4.78 is 0. The van der Waals surface area contributed by atoms with Crippen LogP contribution >= 0.6 is 11.3 Å². The van der Waals surface area contributed by atoms with E-state index in [1.165, 1.54) is 21.8 Å². The summed E-state index contributed by atoms with van der Waals surface area (Å²) in [6, 6.07) is 1.93. The number of aryl methyl sites for hydroxylation is 2. The highest BCUT2D eigenvalue weighted by molar-refractivity contribution is 7.14. The lowest BCUT2D eigenvalue weighted by molar-refractivity contribution is -0.144. The number of carbonyl (C=O) groups is 2. The summed E-state index contributed by atoms with van der Waals surface area (Å²) in [5.41, 5.74) is 0.154. The van der Waals surface area contributed by atoms with E-state index in [1.54, 1.807) is 0 Å². The zero-order valence-electron chi connectivity index (χ0n) is 12.7. The lowest BCUT2D eigenvalue weighted by Crippen LogP contribution is -2.52. The van der Waals surface area contributed by atoms with E-state index in [4.69, 9.17) is 0 Å². The molecule has 0 aromatic carbocycles. The molecule has 1 heterocycles. The molecule has 1 fully saturated rings. The molecule has 1 saturated carbocycles. The van der Waals surface area contributed by atoms with E-state index in [0.29, 0.717) is 17.7 Å². The molecular formula is C16H23NO3S. The van der Waals surface area contributed by atoms with Crippen molar-refractivity contribution in [1.29, 1.82) is 0 Å². The van der Waals surface area contributed by atoms with Gasteiger partial charge in [0.25, 0.3) is 5.91 Å². The molecule has 0 atom stereocenters. The van der Waals surface area contributed by atoms with Gasteiger partial charge >= 0.3 is 5.97 Å². The first-order valence-electron chi connectivity index (χ1n) is 7.70. The summed E-state index contributed by atoms with van der Waals surface area (Å²) in [5, 5.41) is 12.2. The standard InChI is InChI=1S/C16H23NO3S/c1-3-7-12-11(4-2)10-13(21-12)14(18)17-16(15(19)20)8-5-6-9-16/h10H,3-9H2,1-2H3,(H,17,18)(H,19,20). The summed E-state index contributed by atoms with van der Waals surface area (Å²) in [6.07, 6.45) is 5.71. The number of carboxylic acids is 1. The van der Waals surface area contributed by atoms with Gasteiger partial charge in [0.15, 0.2) is 0 Å². The number of amides is 1. The van der Waals surface area contributed by atoms with Gasteiger partial charge in [-0.25, -0.2) is 4.79 Å². The van der Waals surface area contributed by atoms with Crippen LogP contribution in [0.2, 0.25) is 0 Å². The summed E-state index contributed by atoms with van der Waals surface area (Å²) in [6.45, 7) is 4.20. The fourth-order valence-corrected chi connectivity index (χ4v) is 4.22. The summed E-state index contributed by atoms with van der Waals surface area (Å²) >= 11 is 1.51. The van der Waals surface area contributed by atoms with E-state index in [1.807, 2.05) is 6.07 Å². The van der Waals surface area contributed by atoms with Gasteiger partial charge in [0.1, 0.15) is 5.54 Å². The molecule has 1 aromatic heterocycles. The summed E-state index contributed by atoms with van der Waals surface area (Å²) in [4.78, 5) is 25.8. The molecule has 0 spiro atoms. The topological polar surface area (TPSA) is 66.4 Å². The number of aliphatic carboxylic acids is 1. The molecule has 4 nitrogen and oxygen atoms in total. The summed E-state index contributed by atoms with van der Waals surface area (Å²) in [7, 11) is 0. The minimum absolute atomic E-state index is 0.235. The number of nitrogens with one attached hydrogen (secondary N) is 1. The van der Waals surface area contributed by atoms with Gasteiger partial charge in [0, 0.05) is 4.88 Å².